The van der Waals surface area contributed by atoms with Crippen LogP contribution < -0.4 is 0 Å². The fraction of sp³-hybridized carbons (Fsp3) is 0.385. The van der Waals surface area contributed by atoms with Crippen LogP contribution in [0.1, 0.15) is 23.7 Å². The highest BCUT2D eigenvalue weighted by Gasteiger charge is 2.46. The first-order valence-electron chi connectivity index (χ1n) is 10.9. The number of benzene rings is 2. The third kappa shape index (κ3) is 5.53. The molecule has 0 saturated carbocycles. The largest absolute Gasteiger partial charge is 0.369 e. The second-order valence-corrected chi connectivity index (χ2v) is 7.67. The summed E-state index contributed by atoms with van der Waals surface area (Å²) in [6.07, 6.45) is 0.827. The Kier molecular flexibility index (Phi) is 8.23. The maximum atomic E-state index is 6.45. The zero-order valence-corrected chi connectivity index (χ0v) is 18.1. The molecule has 2 saturated heterocycles. The van der Waals surface area contributed by atoms with Crippen LogP contribution in [0.5, 0.6) is 0 Å². The molecule has 0 radical (unpaired) electrons. The summed E-state index contributed by atoms with van der Waals surface area (Å²) < 4.78 is 36.9. The first-order chi connectivity index (χ1) is 15.8. The Morgan fingerprint density at radius 2 is 1.09 bits per heavy atom. The van der Waals surface area contributed by atoms with E-state index in [4.69, 9.17) is 28.4 Å². The summed E-state index contributed by atoms with van der Waals surface area (Å²) in [5, 5.41) is 0. The van der Waals surface area contributed by atoms with E-state index in [2.05, 4.69) is 13.2 Å². The van der Waals surface area contributed by atoms with Gasteiger partial charge in [0.1, 0.15) is 24.4 Å². The zero-order valence-electron chi connectivity index (χ0n) is 18.1. The Balaban J connectivity index is 1.59. The van der Waals surface area contributed by atoms with Crippen molar-refractivity contribution in [2.75, 3.05) is 26.4 Å². The summed E-state index contributed by atoms with van der Waals surface area (Å²) in [6, 6.07) is 19.7. The first-order valence-corrected chi connectivity index (χ1v) is 10.9. The van der Waals surface area contributed by atoms with Crippen molar-refractivity contribution in [3.63, 3.8) is 0 Å². The van der Waals surface area contributed by atoms with Gasteiger partial charge >= 0.3 is 0 Å². The minimum atomic E-state index is -0.522. The smallest absolute Gasteiger partial charge is 0.184 e. The summed E-state index contributed by atoms with van der Waals surface area (Å²) in [6.45, 7) is 9.01. The highest BCUT2D eigenvalue weighted by atomic mass is 16.7. The number of hydrogen-bond donors (Lipinski definition) is 0. The van der Waals surface area contributed by atoms with Crippen molar-refractivity contribution in [3.05, 3.63) is 97.1 Å². The molecule has 0 bridgehead atoms. The predicted octanol–water partition coefficient (Wildman–Crippen LogP) is 4.36. The lowest BCUT2D eigenvalue weighted by atomic mass is 10.00. The molecule has 6 atom stereocenters. The van der Waals surface area contributed by atoms with Crippen molar-refractivity contribution in [1.29, 1.82) is 0 Å². The van der Waals surface area contributed by atoms with E-state index in [1.165, 1.54) is 0 Å². The lowest BCUT2D eigenvalue weighted by Crippen LogP contribution is -2.57. The molecule has 2 aliphatic rings. The van der Waals surface area contributed by atoms with Gasteiger partial charge in [0.05, 0.1) is 26.4 Å². The van der Waals surface area contributed by atoms with Crippen LogP contribution in [0.15, 0.2) is 86.0 Å². The van der Waals surface area contributed by atoms with Gasteiger partial charge in [0.2, 0.25) is 0 Å². The summed E-state index contributed by atoms with van der Waals surface area (Å²) >= 11 is 0. The molecule has 0 aromatic heterocycles. The topological polar surface area (TPSA) is 55.4 Å². The molecular formula is C26H30O6. The van der Waals surface area contributed by atoms with Crippen LogP contribution in [0.3, 0.4) is 0 Å². The molecule has 2 aromatic carbocycles. The fourth-order valence-electron chi connectivity index (χ4n) is 3.91. The molecule has 0 amide bonds. The molecule has 0 aliphatic carbocycles. The van der Waals surface area contributed by atoms with E-state index in [-0.39, 0.29) is 12.2 Å². The van der Waals surface area contributed by atoms with Crippen molar-refractivity contribution in [2.45, 2.75) is 37.0 Å². The van der Waals surface area contributed by atoms with E-state index in [0.717, 1.165) is 11.1 Å². The number of hydrogen-bond acceptors (Lipinski definition) is 6. The minimum absolute atomic E-state index is 0.345. The van der Waals surface area contributed by atoms with Gasteiger partial charge in [-0.25, -0.2) is 0 Å². The SMILES string of the molecule is C=CCO[C@@H]1COC(c2ccccc2)O[C@H]1[C@@H]1OC(c2ccccc2)OC[C@H]1OCC=C. The molecule has 32 heavy (non-hydrogen) atoms. The van der Waals surface area contributed by atoms with Gasteiger partial charge < -0.3 is 28.4 Å². The van der Waals surface area contributed by atoms with Gasteiger partial charge in [0.15, 0.2) is 12.6 Å². The minimum Gasteiger partial charge on any atom is -0.369 e. The normalized spacial score (nSPS) is 30.5. The van der Waals surface area contributed by atoms with Gasteiger partial charge in [-0.15, -0.1) is 13.2 Å². The van der Waals surface area contributed by atoms with Crippen molar-refractivity contribution < 1.29 is 28.4 Å². The second-order valence-electron chi connectivity index (χ2n) is 7.67. The molecule has 2 aromatic rings. The highest BCUT2D eigenvalue weighted by molar-refractivity contribution is 5.18. The highest BCUT2D eigenvalue weighted by Crippen LogP contribution is 2.36. The van der Waals surface area contributed by atoms with Gasteiger partial charge in [-0.3, -0.25) is 0 Å². The van der Waals surface area contributed by atoms with Crippen molar-refractivity contribution in [3.8, 4) is 0 Å². The van der Waals surface area contributed by atoms with Crippen LogP contribution in [-0.2, 0) is 28.4 Å². The van der Waals surface area contributed by atoms with Crippen LogP contribution in [-0.4, -0.2) is 50.8 Å². The van der Waals surface area contributed by atoms with Crippen LogP contribution >= 0.6 is 0 Å². The zero-order chi connectivity index (χ0) is 22.2. The average Bonchev–Trinajstić information content (AvgIpc) is 2.87. The van der Waals surface area contributed by atoms with Crippen LogP contribution in [0.2, 0.25) is 0 Å². The average molecular weight is 439 g/mol. The fourth-order valence-corrected chi connectivity index (χ4v) is 3.91. The van der Waals surface area contributed by atoms with Crippen LogP contribution in [0.25, 0.3) is 0 Å². The maximum Gasteiger partial charge on any atom is 0.184 e. The molecule has 2 fully saturated rings. The molecule has 170 valence electrons. The van der Waals surface area contributed by atoms with E-state index in [0.29, 0.717) is 26.4 Å². The Bertz CT molecular complexity index is 770. The maximum absolute atomic E-state index is 6.45. The molecule has 6 heteroatoms. The van der Waals surface area contributed by atoms with Gasteiger partial charge in [-0.1, -0.05) is 72.8 Å². The quantitative estimate of drug-likeness (QED) is 0.543. The third-order valence-corrected chi connectivity index (χ3v) is 5.44. The summed E-state index contributed by atoms with van der Waals surface area (Å²) in [7, 11) is 0. The van der Waals surface area contributed by atoms with Crippen LogP contribution in [0.4, 0.5) is 0 Å². The second kappa shape index (κ2) is 11.5. The summed E-state index contributed by atoms with van der Waals surface area (Å²) in [5.74, 6) is 0. The summed E-state index contributed by atoms with van der Waals surface area (Å²) in [5.41, 5.74) is 1.88. The number of rotatable bonds is 9. The Hall–Kier alpha value is -2.32. The van der Waals surface area contributed by atoms with Crippen molar-refractivity contribution >= 4 is 0 Å². The lowest BCUT2D eigenvalue weighted by molar-refractivity contribution is -0.338. The van der Waals surface area contributed by atoms with Gasteiger partial charge in [0.25, 0.3) is 0 Å². The molecule has 2 aliphatic heterocycles. The molecule has 4 rings (SSSR count). The number of ether oxygens (including phenoxy) is 6. The van der Waals surface area contributed by atoms with E-state index >= 15 is 0 Å². The molecule has 2 heterocycles. The summed E-state index contributed by atoms with van der Waals surface area (Å²) in [4.78, 5) is 0. The third-order valence-electron chi connectivity index (χ3n) is 5.44. The van der Waals surface area contributed by atoms with Gasteiger partial charge in [-0.2, -0.15) is 0 Å². The van der Waals surface area contributed by atoms with E-state index in [1.807, 2.05) is 60.7 Å². The van der Waals surface area contributed by atoms with Gasteiger partial charge in [0, 0.05) is 11.1 Å². The van der Waals surface area contributed by atoms with Gasteiger partial charge in [-0.05, 0) is 0 Å². The first kappa shape index (κ1) is 22.9. The van der Waals surface area contributed by atoms with Crippen LogP contribution in [0, 0.1) is 0 Å². The Morgan fingerprint density at radius 3 is 1.47 bits per heavy atom. The molecular weight excluding hydrogens is 408 g/mol. The molecule has 0 spiro atoms. The van der Waals surface area contributed by atoms with E-state index in [9.17, 15) is 0 Å². The molecule has 2 unspecified atom stereocenters. The predicted molar refractivity (Wildman–Crippen MR) is 120 cm³/mol. The standard InChI is InChI=1S/C26H30O6/c1-3-15-27-21-17-29-25(19-11-7-5-8-12-19)31-23(21)24-22(28-16-4-2)18-30-26(32-24)20-13-9-6-10-14-20/h3-14,21-26H,1-2,15-18H2/t21-,22-,23-,24-,25?,26?/m1/s1. The molecule has 6 nitrogen and oxygen atoms in total. The Morgan fingerprint density at radius 1 is 0.688 bits per heavy atom. The van der Waals surface area contributed by atoms with Crippen molar-refractivity contribution in [2.24, 2.45) is 0 Å². The van der Waals surface area contributed by atoms with E-state index < -0.39 is 24.8 Å². The molecule has 0 N–H and O–H groups in total. The van der Waals surface area contributed by atoms with E-state index in [1.54, 1.807) is 12.2 Å². The lowest BCUT2D eigenvalue weighted by Gasteiger charge is -2.45. The Labute approximate surface area is 189 Å². The van der Waals surface area contributed by atoms with Crippen molar-refractivity contribution in [1.82, 2.24) is 0 Å². The monoisotopic (exact) mass is 438 g/mol.